The van der Waals surface area contributed by atoms with Gasteiger partial charge in [-0.1, -0.05) is 12.1 Å². The lowest BCUT2D eigenvalue weighted by Gasteiger charge is -2.32. The quantitative estimate of drug-likeness (QED) is 0.386. The van der Waals surface area contributed by atoms with Crippen molar-refractivity contribution in [3.05, 3.63) is 120 Å². The number of nitrogens with zero attached hydrogens (tertiary/aromatic N) is 9. The molecule has 38 heavy (non-hydrogen) atoms. The Hall–Kier alpha value is -5.25. The molecule has 0 spiro atoms. The first-order valence-corrected chi connectivity index (χ1v) is 12.0. The Kier molecular flexibility index (Phi) is 5.89. The van der Waals surface area contributed by atoms with Crippen LogP contribution in [0.4, 0.5) is 0 Å². The van der Waals surface area contributed by atoms with Gasteiger partial charge in [0.1, 0.15) is 34.2 Å². The maximum atomic E-state index is 4.77. The van der Waals surface area contributed by atoms with Crippen molar-refractivity contribution in [1.29, 1.82) is 0 Å². The van der Waals surface area contributed by atoms with E-state index < -0.39 is 5.54 Å². The molecule has 10 heteroatoms. The van der Waals surface area contributed by atoms with Gasteiger partial charge in [0.15, 0.2) is 5.54 Å². The second kappa shape index (κ2) is 9.66. The molecule has 0 saturated heterocycles. The molecule has 0 aliphatic carbocycles. The van der Waals surface area contributed by atoms with Gasteiger partial charge in [-0.05, 0) is 86.7 Å². The van der Waals surface area contributed by atoms with Gasteiger partial charge in [0.25, 0.3) is 0 Å². The standard InChI is InChI=1S/C28H22N10/c1-18-6-3-9-26(30-18)28(27-10-4-7-19(2)31-27)16-15-25(37-38-28)24-14-13-23(35-36-24)22-12-11-21(33-34-22)20-8-5-17-29-32-20/h3-17,38H,1-2H3. The van der Waals surface area contributed by atoms with Crippen molar-refractivity contribution in [2.24, 2.45) is 5.10 Å². The molecule has 0 atom stereocenters. The van der Waals surface area contributed by atoms with Crippen LogP contribution in [-0.4, -0.2) is 46.3 Å². The largest absolute Gasteiger partial charge is 0.287 e. The maximum Gasteiger partial charge on any atom is 0.157 e. The Morgan fingerprint density at radius 2 is 1.13 bits per heavy atom. The highest BCUT2D eigenvalue weighted by Crippen LogP contribution is 2.31. The lowest BCUT2D eigenvalue weighted by molar-refractivity contribution is 0.476. The van der Waals surface area contributed by atoms with Crippen molar-refractivity contribution in [3.8, 4) is 22.8 Å². The minimum Gasteiger partial charge on any atom is -0.287 e. The number of rotatable bonds is 5. The fourth-order valence-electron chi connectivity index (χ4n) is 4.16. The first kappa shape index (κ1) is 23.2. The molecule has 0 aromatic carbocycles. The van der Waals surface area contributed by atoms with Gasteiger partial charge in [0.05, 0.1) is 11.4 Å². The Labute approximate surface area is 218 Å². The van der Waals surface area contributed by atoms with Crippen LogP contribution in [0.25, 0.3) is 22.8 Å². The lowest BCUT2D eigenvalue weighted by Crippen LogP contribution is -2.43. The number of hydrazone groups is 1. The predicted molar refractivity (Wildman–Crippen MR) is 142 cm³/mol. The van der Waals surface area contributed by atoms with Crippen molar-refractivity contribution >= 4 is 5.71 Å². The number of allylic oxidation sites excluding steroid dienone is 1. The van der Waals surface area contributed by atoms with Crippen LogP contribution in [0.15, 0.2) is 96.2 Å². The van der Waals surface area contributed by atoms with E-state index in [1.165, 1.54) is 0 Å². The molecule has 184 valence electrons. The third-order valence-corrected chi connectivity index (χ3v) is 6.12. The molecule has 1 aliphatic heterocycles. The van der Waals surface area contributed by atoms with Gasteiger partial charge in [-0.15, -0.1) is 25.5 Å². The monoisotopic (exact) mass is 498 g/mol. The number of hydrogen-bond donors (Lipinski definition) is 1. The summed E-state index contributed by atoms with van der Waals surface area (Å²) in [5.41, 5.74) is 9.68. The van der Waals surface area contributed by atoms with Gasteiger partial charge in [0.2, 0.25) is 0 Å². The zero-order valence-corrected chi connectivity index (χ0v) is 20.7. The van der Waals surface area contributed by atoms with E-state index in [9.17, 15) is 0 Å². The van der Waals surface area contributed by atoms with Gasteiger partial charge in [-0.25, -0.2) is 0 Å². The molecule has 0 saturated carbocycles. The number of pyridine rings is 2. The summed E-state index contributed by atoms with van der Waals surface area (Å²) in [5, 5.41) is 29.9. The molecular formula is C28H22N10. The van der Waals surface area contributed by atoms with Crippen LogP contribution in [-0.2, 0) is 5.54 Å². The van der Waals surface area contributed by atoms with Gasteiger partial charge in [-0.3, -0.25) is 15.4 Å². The molecule has 0 radical (unpaired) electrons. The van der Waals surface area contributed by atoms with Crippen LogP contribution in [0.3, 0.4) is 0 Å². The molecule has 0 unspecified atom stereocenters. The summed E-state index contributed by atoms with van der Waals surface area (Å²) in [4.78, 5) is 9.54. The molecule has 0 bridgehead atoms. The number of aryl methyl sites for hydroxylation is 2. The molecule has 0 amide bonds. The highest BCUT2D eigenvalue weighted by atomic mass is 15.4. The van der Waals surface area contributed by atoms with Crippen LogP contribution in [0.5, 0.6) is 0 Å². The Morgan fingerprint density at radius 3 is 1.58 bits per heavy atom. The summed E-state index contributed by atoms with van der Waals surface area (Å²) in [6.45, 7) is 3.93. The highest BCUT2D eigenvalue weighted by molar-refractivity contribution is 6.07. The van der Waals surface area contributed by atoms with E-state index in [-0.39, 0.29) is 0 Å². The van der Waals surface area contributed by atoms with Crippen molar-refractivity contribution in [2.45, 2.75) is 19.4 Å². The fourth-order valence-corrected chi connectivity index (χ4v) is 4.16. The summed E-state index contributed by atoms with van der Waals surface area (Å²) in [5.74, 6) is 0. The number of hydrogen-bond acceptors (Lipinski definition) is 10. The second-order valence-electron chi connectivity index (χ2n) is 8.80. The van der Waals surface area contributed by atoms with Gasteiger partial charge >= 0.3 is 0 Å². The summed E-state index contributed by atoms with van der Waals surface area (Å²) >= 11 is 0. The Morgan fingerprint density at radius 1 is 0.579 bits per heavy atom. The molecule has 1 aliphatic rings. The number of nitrogens with one attached hydrogen (secondary N) is 1. The number of aromatic nitrogens is 8. The normalized spacial score (nSPS) is 14.0. The molecule has 0 fully saturated rings. The predicted octanol–water partition coefficient (Wildman–Crippen LogP) is 3.60. The van der Waals surface area contributed by atoms with E-state index in [1.807, 2.05) is 92.7 Å². The summed E-state index contributed by atoms with van der Waals surface area (Å²) in [7, 11) is 0. The van der Waals surface area contributed by atoms with Gasteiger partial charge in [0, 0.05) is 17.6 Å². The zero-order valence-electron chi connectivity index (χ0n) is 20.7. The summed E-state index contributed by atoms with van der Waals surface area (Å²) in [6.07, 6.45) is 5.55. The topological polar surface area (TPSA) is 128 Å². The molecule has 1 N–H and O–H groups in total. The molecule has 5 aromatic heterocycles. The van der Waals surface area contributed by atoms with E-state index in [0.717, 1.165) is 22.8 Å². The van der Waals surface area contributed by atoms with Gasteiger partial charge in [-0.2, -0.15) is 10.2 Å². The zero-order chi connectivity index (χ0) is 26.0. The van der Waals surface area contributed by atoms with Crippen molar-refractivity contribution in [2.75, 3.05) is 0 Å². The van der Waals surface area contributed by atoms with E-state index in [0.29, 0.717) is 34.2 Å². The fraction of sp³-hybridized carbons (Fsp3) is 0.107. The molecule has 6 rings (SSSR count). The van der Waals surface area contributed by atoms with Crippen LogP contribution in [0, 0.1) is 13.8 Å². The first-order valence-electron chi connectivity index (χ1n) is 12.0. The minimum absolute atomic E-state index is 0.600. The SMILES string of the molecule is Cc1cccc(C2(c3cccc(C)n3)C=CC(c3ccc(-c4ccc(-c5cccnn5)nn4)nn3)=NN2)n1. The highest BCUT2D eigenvalue weighted by Gasteiger charge is 2.37. The van der Waals surface area contributed by atoms with E-state index in [4.69, 9.17) is 9.97 Å². The van der Waals surface area contributed by atoms with Gasteiger partial charge < -0.3 is 0 Å². The first-order chi connectivity index (χ1) is 18.6. The van der Waals surface area contributed by atoms with E-state index in [2.05, 4.69) is 41.1 Å². The van der Waals surface area contributed by atoms with Crippen molar-refractivity contribution in [1.82, 2.24) is 46.0 Å². The average Bonchev–Trinajstić information content (AvgIpc) is 2.98. The maximum absolute atomic E-state index is 4.77. The summed E-state index contributed by atoms with van der Waals surface area (Å²) in [6, 6.07) is 22.8. The molecule has 5 aromatic rings. The minimum atomic E-state index is -0.810. The average molecular weight is 499 g/mol. The molecule has 6 heterocycles. The second-order valence-corrected chi connectivity index (χ2v) is 8.80. The van der Waals surface area contributed by atoms with Crippen LogP contribution in [0.1, 0.15) is 28.5 Å². The smallest absolute Gasteiger partial charge is 0.157 e. The van der Waals surface area contributed by atoms with E-state index in [1.54, 1.807) is 12.3 Å². The summed E-state index contributed by atoms with van der Waals surface area (Å²) < 4.78 is 0. The molecular weight excluding hydrogens is 476 g/mol. The third kappa shape index (κ3) is 4.39. The molecule has 10 nitrogen and oxygen atoms in total. The van der Waals surface area contributed by atoms with Crippen LogP contribution in [0.2, 0.25) is 0 Å². The van der Waals surface area contributed by atoms with E-state index >= 15 is 0 Å². The Bertz CT molecular complexity index is 1600. The third-order valence-electron chi connectivity index (χ3n) is 6.12. The lowest BCUT2D eigenvalue weighted by atomic mass is 9.88. The van der Waals surface area contributed by atoms with Crippen LogP contribution >= 0.6 is 0 Å². The Balaban J connectivity index is 1.27. The van der Waals surface area contributed by atoms with Crippen molar-refractivity contribution < 1.29 is 0 Å². The van der Waals surface area contributed by atoms with Crippen molar-refractivity contribution in [3.63, 3.8) is 0 Å². The van der Waals surface area contributed by atoms with Crippen LogP contribution < -0.4 is 5.43 Å².